The summed E-state index contributed by atoms with van der Waals surface area (Å²) < 4.78 is 74.9. The highest BCUT2D eigenvalue weighted by Gasteiger charge is 2.61. The van der Waals surface area contributed by atoms with Crippen LogP contribution in [0.3, 0.4) is 0 Å². The fraction of sp³-hybridized carbons (Fsp3) is 0.818. The van der Waals surface area contributed by atoms with Crippen LogP contribution < -0.4 is 0 Å². The summed E-state index contributed by atoms with van der Waals surface area (Å²) >= 11 is -1.40. The predicted molar refractivity (Wildman–Crippen MR) is 161 cm³/mol. The average Bonchev–Trinajstić information content (AvgIpc) is 3.15. The summed E-state index contributed by atoms with van der Waals surface area (Å²) in [5.74, 6) is -2.16. The minimum Gasteiger partial charge on any atom is -0.616 e. The van der Waals surface area contributed by atoms with E-state index in [1.807, 2.05) is 26.1 Å². The van der Waals surface area contributed by atoms with Crippen molar-refractivity contribution in [2.45, 2.75) is 115 Å². The van der Waals surface area contributed by atoms with E-state index in [1.165, 1.54) is 11.1 Å². The van der Waals surface area contributed by atoms with Gasteiger partial charge in [-0.1, -0.05) is 37.0 Å². The van der Waals surface area contributed by atoms with Crippen LogP contribution >= 0.6 is 0 Å². The third-order valence-electron chi connectivity index (χ3n) is 11.3. The lowest BCUT2D eigenvalue weighted by Crippen LogP contribution is -2.51. The van der Waals surface area contributed by atoms with Gasteiger partial charge in [0.2, 0.25) is 0 Å². The lowest BCUT2D eigenvalue weighted by Gasteiger charge is -2.55. The second-order valence-corrected chi connectivity index (χ2v) is 15.8. The number of nitrogens with zero attached hydrogens (tertiary/aromatic N) is 1. The number of hydrogen-bond donors (Lipinski definition) is 2. The fourth-order valence-corrected chi connectivity index (χ4v) is 9.70. The molecule has 3 aliphatic rings. The molecular formula is C33H50F5NO3S. The molecule has 3 aliphatic carbocycles. The van der Waals surface area contributed by atoms with Crippen LogP contribution in [0, 0.1) is 23.2 Å². The van der Waals surface area contributed by atoms with Crippen LogP contribution in [-0.4, -0.2) is 69.0 Å². The Kier molecular flexibility index (Phi) is 11.1. The van der Waals surface area contributed by atoms with Crippen molar-refractivity contribution in [3.05, 3.63) is 29.3 Å². The van der Waals surface area contributed by atoms with E-state index in [0.29, 0.717) is 48.1 Å². The van der Waals surface area contributed by atoms with Crippen LogP contribution in [0.1, 0.15) is 102 Å². The monoisotopic (exact) mass is 635 g/mol. The highest BCUT2D eigenvalue weighted by Crippen LogP contribution is 2.65. The Morgan fingerprint density at radius 3 is 2.40 bits per heavy atom. The summed E-state index contributed by atoms with van der Waals surface area (Å²) in [4.78, 5) is 2.16. The molecule has 0 bridgehead atoms. The molecule has 0 spiro atoms. The average molecular weight is 636 g/mol. The van der Waals surface area contributed by atoms with Crippen LogP contribution in [0.15, 0.2) is 18.2 Å². The van der Waals surface area contributed by atoms with Crippen molar-refractivity contribution in [1.82, 2.24) is 4.90 Å². The number of hydrogen-bond acceptors (Lipinski definition) is 4. The van der Waals surface area contributed by atoms with E-state index < -0.39 is 41.7 Å². The normalized spacial score (nSPS) is 31.5. The van der Waals surface area contributed by atoms with Crippen molar-refractivity contribution in [1.29, 1.82) is 0 Å². The maximum absolute atomic E-state index is 13.0. The molecule has 2 fully saturated rings. The highest BCUT2D eigenvalue weighted by atomic mass is 32.2. The molecule has 0 heterocycles. The van der Waals surface area contributed by atoms with Crippen LogP contribution in [0.4, 0.5) is 22.0 Å². The van der Waals surface area contributed by atoms with Gasteiger partial charge in [0.1, 0.15) is 17.3 Å². The molecule has 1 aromatic rings. The molecule has 1 aromatic carbocycles. The third kappa shape index (κ3) is 7.83. The highest BCUT2D eigenvalue weighted by molar-refractivity contribution is 7.91. The van der Waals surface area contributed by atoms with Crippen molar-refractivity contribution < 1.29 is 36.7 Å². The summed E-state index contributed by atoms with van der Waals surface area (Å²) in [5, 5.41) is 21.5. The lowest BCUT2D eigenvalue weighted by molar-refractivity contribution is -0.284. The van der Waals surface area contributed by atoms with Crippen molar-refractivity contribution in [3.63, 3.8) is 0 Å². The molecule has 10 heteroatoms. The second kappa shape index (κ2) is 13.7. The number of alkyl halides is 5. The molecule has 4 nitrogen and oxygen atoms in total. The summed E-state index contributed by atoms with van der Waals surface area (Å²) in [7, 11) is 2.00. The van der Waals surface area contributed by atoms with Gasteiger partial charge in [0.05, 0.1) is 5.60 Å². The van der Waals surface area contributed by atoms with E-state index in [-0.39, 0.29) is 11.2 Å². The Labute approximate surface area is 257 Å². The van der Waals surface area contributed by atoms with Crippen LogP contribution in [-0.2, 0) is 17.6 Å². The van der Waals surface area contributed by atoms with E-state index in [1.54, 1.807) is 0 Å². The Hall–Kier alpha value is -1.10. The zero-order valence-electron chi connectivity index (χ0n) is 25.9. The molecule has 246 valence electrons. The molecule has 1 unspecified atom stereocenters. The van der Waals surface area contributed by atoms with Crippen LogP contribution in [0.5, 0.6) is 5.75 Å². The van der Waals surface area contributed by atoms with Gasteiger partial charge in [-0.15, -0.1) is 0 Å². The number of phenols is 1. The van der Waals surface area contributed by atoms with E-state index in [0.717, 1.165) is 64.3 Å². The van der Waals surface area contributed by atoms with Gasteiger partial charge in [-0.25, -0.2) is 0 Å². The van der Waals surface area contributed by atoms with Crippen LogP contribution in [0.25, 0.3) is 0 Å². The van der Waals surface area contributed by atoms with Gasteiger partial charge in [-0.05, 0) is 124 Å². The first-order chi connectivity index (χ1) is 20.1. The topological polar surface area (TPSA) is 66.8 Å². The third-order valence-corrected chi connectivity index (χ3v) is 12.7. The summed E-state index contributed by atoms with van der Waals surface area (Å²) in [6.45, 7) is 5.94. The van der Waals surface area contributed by atoms with E-state index in [9.17, 15) is 36.7 Å². The molecule has 2 saturated carbocycles. The molecule has 2 N–H and O–H groups in total. The SMILES string of the molecule is CN(CCCCC[C@@H]1Cc2cc(O)ccc2[C@H]2CC[C@@]3(C)[C@@H](CC[C@]3(C)O)[C@H]12)CCC[S+]([O-])CCCC(F)(F)C(F)(F)F. The summed E-state index contributed by atoms with van der Waals surface area (Å²) in [6.07, 6.45) is 2.71. The zero-order chi connectivity index (χ0) is 31.6. The number of aliphatic hydroxyl groups is 1. The first kappa shape index (κ1) is 34.8. The van der Waals surface area contributed by atoms with Gasteiger partial charge in [-0.3, -0.25) is 0 Å². The zero-order valence-corrected chi connectivity index (χ0v) is 26.7. The van der Waals surface area contributed by atoms with Crippen molar-refractivity contribution in [2.24, 2.45) is 23.2 Å². The van der Waals surface area contributed by atoms with Gasteiger partial charge in [0.15, 0.2) is 0 Å². The first-order valence-electron chi connectivity index (χ1n) is 16.1. The van der Waals surface area contributed by atoms with Crippen molar-refractivity contribution in [3.8, 4) is 5.75 Å². The van der Waals surface area contributed by atoms with E-state index in [2.05, 4.69) is 17.9 Å². The Morgan fingerprint density at radius 2 is 1.67 bits per heavy atom. The van der Waals surface area contributed by atoms with E-state index in [4.69, 9.17) is 0 Å². The first-order valence-corrected chi connectivity index (χ1v) is 17.6. The lowest BCUT2D eigenvalue weighted by atomic mass is 9.50. The summed E-state index contributed by atoms with van der Waals surface area (Å²) in [6, 6.07) is 5.91. The fourth-order valence-electron chi connectivity index (χ4n) is 8.58. The molecule has 43 heavy (non-hydrogen) atoms. The smallest absolute Gasteiger partial charge is 0.453 e. The maximum Gasteiger partial charge on any atom is 0.453 e. The number of rotatable bonds is 14. The van der Waals surface area contributed by atoms with Crippen molar-refractivity contribution in [2.75, 3.05) is 31.6 Å². The minimum atomic E-state index is -5.55. The number of unbranched alkanes of at least 4 members (excludes halogenated alkanes) is 2. The van der Waals surface area contributed by atoms with Gasteiger partial charge in [-0.2, -0.15) is 22.0 Å². The number of fused-ring (bicyclic) bond motifs is 5. The molecule has 0 aromatic heterocycles. The van der Waals surface area contributed by atoms with Gasteiger partial charge < -0.3 is 19.7 Å². The van der Waals surface area contributed by atoms with Gasteiger partial charge in [0, 0.05) is 19.4 Å². The molecule has 0 radical (unpaired) electrons. The second-order valence-electron chi connectivity index (χ2n) is 14.1. The standard InChI is InChI=1S/C33H50F5NO3S/c1-30-15-12-27-26-11-10-25(40)22-24(26)21-23(29(27)28(30)13-16-31(30,2)41)9-5-4-6-17-39(3)18-8-20-43(42)19-7-14-32(34,35)33(36,37)38/h10-11,22-23,27-29,40-41H,4-9,12-21H2,1-3H3/t23-,27-,28+,29-,30+,31+,43?/m1/s1. The van der Waals surface area contributed by atoms with Gasteiger partial charge in [0.25, 0.3) is 0 Å². The molecule has 0 saturated heterocycles. The molecule has 7 atom stereocenters. The maximum atomic E-state index is 13.0. The van der Waals surface area contributed by atoms with Gasteiger partial charge >= 0.3 is 12.1 Å². The van der Waals surface area contributed by atoms with E-state index >= 15 is 0 Å². The summed E-state index contributed by atoms with van der Waals surface area (Å²) in [5.41, 5.74) is 2.00. The Balaban J connectivity index is 1.20. The largest absolute Gasteiger partial charge is 0.616 e. The number of benzene rings is 1. The Morgan fingerprint density at radius 1 is 0.977 bits per heavy atom. The Bertz CT molecular complexity index is 1070. The van der Waals surface area contributed by atoms with Crippen molar-refractivity contribution >= 4 is 11.2 Å². The molecule has 0 amide bonds. The van der Waals surface area contributed by atoms with Crippen LogP contribution in [0.2, 0.25) is 0 Å². The number of halogens is 5. The molecule has 0 aliphatic heterocycles. The molecular weight excluding hydrogens is 585 g/mol. The molecule has 4 rings (SSSR count). The number of phenolic OH excluding ortho intramolecular Hbond substituents is 1. The number of aromatic hydroxyl groups is 1. The quantitative estimate of drug-likeness (QED) is 0.124. The minimum absolute atomic E-state index is 0.0542. The predicted octanol–water partition coefficient (Wildman–Crippen LogP) is 7.83.